The molecule has 0 fully saturated rings. The van der Waals surface area contributed by atoms with Crippen LogP contribution < -0.4 is 8.73 Å². The Hall–Kier alpha value is 0.452. The summed E-state index contributed by atoms with van der Waals surface area (Å²) in [6.07, 6.45) is 0. The van der Waals surface area contributed by atoms with Crippen molar-refractivity contribution in [1.82, 2.24) is 0 Å². The summed E-state index contributed by atoms with van der Waals surface area (Å²) < 4.78 is 43.4. The molecule has 0 aliphatic carbocycles. The number of nitrogens with two attached hydrogens (primary N) is 2. The van der Waals surface area contributed by atoms with Gasteiger partial charge in [-0.2, -0.15) is 0 Å². The maximum atomic E-state index is 8.52. The molecule has 0 unspecified atom stereocenters. The molecule has 0 aliphatic heterocycles. The minimum absolute atomic E-state index is 0.0500. The van der Waals surface area contributed by atoms with Gasteiger partial charge in [-0.25, -0.2) is 0 Å². The van der Waals surface area contributed by atoms with Crippen LogP contribution >= 0.6 is 0 Å². The normalized spacial score (nSPS) is 10.0. The zero-order valence-electron chi connectivity index (χ0n) is 3.51. The molecule has 0 radical (unpaired) electrons. The SMILES string of the molecule is O=S(=O)([O-])[O-].[NH2][Pd+2][NH2]. The van der Waals surface area contributed by atoms with Crippen LogP contribution in [-0.4, -0.2) is 17.5 Å². The van der Waals surface area contributed by atoms with Crippen molar-refractivity contribution in [1.29, 1.82) is 0 Å². The Morgan fingerprint density at radius 3 is 1.25 bits per heavy atom. The topological polar surface area (TPSA) is 132 Å². The quantitative estimate of drug-likeness (QED) is 0.270. The van der Waals surface area contributed by atoms with E-state index in [1.165, 1.54) is 0 Å². The van der Waals surface area contributed by atoms with E-state index in [0.29, 0.717) is 0 Å². The molecule has 0 bridgehead atoms. The summed E-state index contributed by atoms with van der Waals surface area (Å²) in [5.74, 6) is 0. The van der Waals surface area contributed by atoms with Crippen molar-refractivity contribution in [2.24, 2.45) is 8.73 Å². The summed E-state index contributed by atoms with van der Waals surface area (Å²) in [7, 11) is -5.17. The summed E-state index contributed by atoms with van der Waals surface area (Å²) in [5.41, 5.74) is 0. The Labute approximate surface area is 55.5 Å². The van der Waals surface area contributed by atoms with E-state index in [4.69, 9.17) is 17.5 Å². The molecule has 0 aromatic heterocycles. The van der Waals surface area contributed by atoms with Gasteiger partial charge in [-0.1, -0.05) is 0 Å². The molecule has 0 aromatic rings. The van der Waals surface area contributed by atoms with Gasteiger partial charge in [-0.3, -0.25) is 8.42 Å². The van der Waals surface area contributed by atoms with Gasteiger partial charge in [-0.05, 0) is 0 Å². The van der Waals surface area contributed by atoms with E-state index in [1.807, 2.05) is 0 Å². The van der Waals surface area contributed by atoms with Crippen LogP contribution in [0.15, 0.2) is 0 Å². The molecule has 0 saturated heterocycles. The third-order valence-electron chi connectivity index (χ3n) is 0. The predicted octanol–water partition coefficient (Wildman–Crippen LogP) is -2.52. The Kier molecular flexibility index (Phi) is 7.87. The molecule has 0 amide bonds. The van der Waals surface area contributed by atoms with Crippen molar-refractivity contribution in [3.63, 3.8) is 0 Å². The zero-order chi connectivity index (χ0) is 7.21. The molecular weight excluding hydrogens is 230 g/mol. The van der Waals surface area contributed by atoms with Crippen LogP contribution in [0.25, 0.3) is 0 Å². The van der Waals surface area contributed by atoms with Crippen molar-refractivity contribution in [3.05, 3.63) is 0 Å². The molecule has 0 aliphatic rings. The average molecular weight is 235 g/mol. The Bertz CT molecular complexity index is 108. The van der Waals surface area contributed by atoms with Crippen molar-refractivity contribution in [3.8, 4) is 0 Å². The predicted molar refractivity (Wildman–Crippen MR) is 18.8 cm³/mol. The van der Waals surface area contributed by atoms with Crippen molar-refractivity contribution >= 4 is 10.4 Å². The molecule has 0 saturated carbocycles. The number of hydrogen-bond acceptors (Lipinski definition) is 6. The first-order chi connectivity index (χ1) is 3.41. The van der Waals surface area contributed by atoms with Gasteiger partial charge in [0.2, 0.25) is 0 Å². The van der Waals surface area contributed by atoms with E-state index in [0.717, 1.165) is 0 Å². The number of rotatable bonds is 0. The summed E-state index contributed by atoms with van der Waals surface area (Å²) in [4.78, 5) is 0. The number of hydrogen-bond donors (Lipinski definition) is 2. The summed E-state index contributed by atoms with van der Waals surface area (Å²) in [6.45, 7) is 0. The summed E-state index contributed by atoms with van der Waals surface area (Å²) in [6, 6.07) is 0. The fourth-order valence-corrected chi connectivity index (χ4v) is 0. The van der Waals surface area contributed by atoms with Gasteiger partial charge in [0.1, 0.15) is 0 Å². The van der Waals surface area contributed by atoms with E-state index in [1.54, 1.807) is 0 Å². The van der Waals surface area contributed by atoms with Crippen molar-refractivity contribution in [2.45, 2.75) is 0 Å². The minimum atomic E-state index is -5.17. The Morgan fingerprint density at radius 1 is 1.25 bits per heavy atom. The fourth-order valence-electron chi connectivity index (χ4n) is 0. The molecule has 0 aromatic carbocycles. The summed E-state index contributed by atoms with van der Waals surface area (Å²) in [5, 5.41) is 0. The molecule has 0 atom stereocenters. The van der Waals surface area contributed by atoms with E-state index in [9.17, 15) is 0 Å². The van der Waals surface area contributed by atoms with Crippen LogP contribution in [0.4, 0.5) is 0 Å². The van der Waals surface area contributed by atoms with Gasteiger partial charge < -0.3 is 9.11 Å². The van der Waals surface area contributed by atoms with Crippen molar-refractivity contribution in [2.75, 3.05) is 0 Å². The Balaban J connectivity index is 0. The third-order valence-corrected chi connectivity index (χ3v) is 0. The first-order valence-corrected chi connectivity index (χ1v) is 4.16. The standard InChI is InChI=1S/2H2N.H2O4S.Pd/c;;1-5(2,3)4;/h2*1H2;(H2,1,2,3,4);/q2*-1;;+4/p-2. The van der Waals surface area contributed by atoms with Gasteiger partial charge in [0, 0.05) is 10.4 Å². The van der Waals surface area contributed by atoms with Crippen LogP contribution in [-0.2, 0) is 28.9 Å². The molecule has 0 heterocycles. The van der Waals surface area contributed by atoms with Crippen LogP contribution in [0, 0.1) is 0 Å². The molecule has 0 spiro atoms. The van der Waals surface area contributed by atoms with Gasteiger partial charge in [0.25, 0.3) is 0 Å². The maximum absolute atomic E-state index is 8.52. The molecule has 54 valence electrons. The van der Waals surface area contributed by atoms with Gasteiger partial charge >= 0.3 is 27.2 Å². The fraction of sp³-hybridized carbons (Fsp3) is 0. The van der Waals surface area contributed by atoms with Gasteiger partial charge in [0.15, 0.2) is 0 Å². The van der Waals surface area contributed by atoms with Crippen molar-refractivity contribution < 1.29 is 36.0 Å². The van der Waals surface area contributed by atoms with Crippen LogP contribution in [0.2, 0.25) is 0 Å². The molecular formula is H4N2O4PdS. The second kappa shape index (κ2) is 5.59. The molecule has 8 heavy (non-hydrogen) atoms. The van der Waals surface area contributed by atoms with E-state index in [-0.39, 0.29) is 18.5 Å². The van der Waals surface area contributed by atoms with E-state index in [2.05, 4.69) is 8.73 Å². The van der Waals surface area contributed by atoms with Crippen LogP contribution in [0.5, 0.6) is 0 Å². The Morgan fingerprint density at radius 2 is 1.25 bits per heavy atom. The van der Waals surface area contributed by atoms with Crippen LogP contribution in [0.3, 0.4) is 0 Å². The average Bonchev–Trinajstić information content (AvgIpc) is 1.27. The van der Waals surface area contributed by atoms with Crippen LogP contribution in [0.1, 0.15) is 0 Å². The zero-order valence-corrected chi connectivity index (χ0v) is 5.88. The molecule has 6 nitrogen and oxygen atoms in total. The molecule has 4 N–H and O–H groups in total. The monoisotopic (exact) mass is 234 g/mol. The van der Waals surface area contributed by atoms with E-state index >= 15 is 0 Å². The molecule has 8 heteroatoms. The third kappa shape index (κ3) is 937. The van der Waals surface area contributed by atoms with Gasteiger partial charge in [0.05, 0.1) is 0 Å². The second-order valence-electron chi connectivity index (χ2n) is 0.514. The first-order valence-electron chi connectivity index (χ1n) is 1.03. The summed E-state index contributed by atoms with van der Waals surface area (Å²) >= 11 is -0.0500. The first kappa shape index (κ1) is 11.3. The second-order valence-corrected chi connectivity index (χ2v) is 1.85. The van der Waals surface area contributed by atoms with E-state index < -0.39 is 10.4 Å². The molecule has 0 rings (SSSR count). The van der Waals surface area contributed by atoms with Gasteiger partial charge in [-0.15, -0.1) is 0 Å².